The molecule has 18 heteroatoms. The molecular weight excluding hydrogens is 656 g/mol. The number of hydrogen-bond acceptors (Lipinski definition) is 8. The van der Waals surface area contributed by atoms with E-state index >= 15 is 0 Å². The third-order valence-corrected chi connectivity index (χ3v) is 8.06. The van der Waals surface area contributed by atoms with Crippen molar-refractivity contribution in [2.24, 2.45) is 22.2 Å². The summed E-state index contributed by atoms with van der Waals surface area (Å²) < 4.78 is 0. The molecule has 17 nitrogen and oxygen atoms in total. The number of carboxylic acids is 1. The van der Waals surface area contributed by atoms with Gasteiger partial charge in [-0.2, -0.15) is 0 Å². The maximum absolute atomic E-state index is 13.6. The highest BCUT2D eigenvalue weighted by Crippen LogP contribution is 2.10. The van der Waals surface area contributed by atoms with Gasteiger partial charge < -0.3 is 54.2 Å². The lowest BCUT2D eigenvalue weighted by Crippen LogP contribution is -2.56. The molecular formula is C31H56N10O7S. The topological polar surface area (TPSA) is 285 Å². The smallest absolute Gasteiger partial charge is 0.305 e. The van der Waals surface area contributed by atoms with Gasteiger partial charge in [0.05, 0.1) is 6.42 Å². The average molecular weight is 713 g/mol. The number of nitrogens with one attached hydrogen (secondary N) is 6. The van der Waals surface area contributed by atoms with Gasteiger partial charge in [-0.25, -0.2) is 0 Å². The van der Waals surface area contributed by atoms with Crippen LogP contribution < -0.4 is 49.1 Å². The number of nitrogens with zero attached hydrogens (tertiary/aromatic N) is 1. The maximum Gasteiger partial charge on any atom is 0.305 e. The normalized spacial score (nSPS) is 20.6. The number of carbonyl (C=O) groups excluding carboxylic acids is 5. The number of hydrogen-bond donors (Lipinski definition) is 10. The van der Waals surface area contributed by atoms with E-state index in [2.05, 4.69) is 36.9 Å². The van der Waals surface area contributed by atoms with Gasteiger partial charge in [-0.1, -0.05) is 12.8 Å². The van der Waals surface area contributed by atoms with Crippen LogP contribution in [0.3, 0.4) is 0 Å². The highest BCUT2D eigenvalue weighted by molar-refractivity contribution is 7.80. The number of aliphatic imine (C=N–C) groups is 1. The zero-order valence-electron chi connectivity index (χ0n) is 28.4. The summed E-state index contributed by atoms with van der Waals surface area (Å²) >= 11 is 5.15. The lowest BCUT2D eigenvalue weighted by Gasteiger charge is -2.25. The molecule has 0 aromatic rings. The van der Waals surface area contributed by atoms with Crippen LogP contribution in [0.2, 0.25) is 0 Å². The van der Waals surface area contributed by atoms with E-state index in [1.54, 1.807) is 0 Å². The first kappa shape index (κ1) is 42.8. The lowest BCUT2D eigenvalue weighted by atomic mass is 10.0. The van der Waals surface area contributed by atoms with Crippen LogP contribution in [0.1, 0.15) is 103 Å². The van der Waals surface area contributed by atoms with Crippen LogP contribution in [0.5, 0.6) is 0 Å². The zero-order chi connectivity index (χ0) is 36.4. The molecule has 5 amide bonds. The summed E-state index contributed by atoms with van der Waals surface area (Å²) in [5, 5.41) is 26.0. The summed E-state index contributed by atoms with van der Waals surface area (Å²) in [7, 11) is 0. The van der Waals surface area contributed by atoms with Crippen molar-refractivity contribution in [3.8, 4) is 0 Å². The zero-order valence-corrected chi connectivity index (χ0v) is 29.2. The van der Waals surface area contributed by atoms with Gasteiger partial charge in [-0.3, -0.25) is 33.8 Å². The molecule has 1 fully saturated rings. The minimum atomic E-state index is -1.04. The molecule has 0 bridgehead atoms. The van der Waals surface area contributed by atoms with Crippen molar-refractivity contribution in [2.45, 2.75) is 121 Å². The monoisotopic (exact) mass is 712 g/mol. The fraction of sp³-hybridized carbons (Fsp3) is 0.742. The number of nitrogens with two attached hydrogens (primary N) is 3. The first-order chi connectivity index (χ1) is 23.4. The lowest BCUT2D eigenvalue weighted by molar-refractivity contribution is -0.137. The number of thiocarbonyl (C=S) groups is 1. The van der Waals surface area contributed by atoms with Gasteiger partial charge in [0.15, 0.2) is 11.1 Å². The Morgan fingerprint density at radius 3 is 2.04 bits per heavy atom. The van der Waals surface area contributed by atoms with Crippen molar-refractivity contribution in [3.63, 3.8) is 0 Å². The number of guanidine groups is 1. The van der Waals surface area contributed by atoms with Gasteiger partial charge in [0.1, 0.15) is 18.1 Å². The van der Waals surface area contributed by atoms with E-state index in [1.807, 2.05) is 0 Å². The van der Waals surface area contributed by atoms with E-state index < -0.39 is 41.8 Å². The summed E-state index contributed by atoms with van der Waals surface area (Å²) in [5.41, 5.74) is 16.4. The largest absolute Gasteiger partial charge is 0.481 e. The third kappa shape index (κ3) is 22.1. The standard InChI is InChI=1S/C31H56N10O7S/c32-27(46)21-11-5-8-17-35-24(42)14-3-1-2-4-15-25(43)39-22(12-6-9-18-36-30(33)34)28(47)41-23(29(48)40-21)13-7-10-19-37-31(49)38-20-16-26(44)45/h21-23H,1-20H2,(H2,32,46)(H,35,42)(H,39,43)(H,40,48)(H,41,47)(H,44,45)(H4,33,34,36)(H2,37,38,49)/t21-,22-,23-/m0/s1. The second kappa shape index (κ2) is 25.8. The molecule has 0 aliphatic carbocycles. The number of amides is 5. The number of carboxylic acid groups (broad SMARTS) is 1. The van der Waals surface area contributed by atoms with Crippen LogP contribution in [0, 0.1) is 0 Å². The SMILES string of the molecule is NC(=O)[C@@H]1CCCCNC(=O)CCCCCCC(=O)N[C@@H](CCCCN=C(N)N)C(=O)N[C@@H](CCCCNC(=S)NCCC(=O)O)C(=O)N1. The van der Waals surface area contributed by atoms with Crippen LogP contribution in [0.4, 0.5) is 0 Å². The molecule has 0 aromatic heterocycles. The molecule has 1 rings (SSSR count). The molecule has 1 aliphatic rings. The third-order valence-electron chi connectivity index (χ3n) is 7.77. The van der Waals surface area contributed by atoms with E-state index in [0.717, 1.165) is 12.8 Å². The first-order valence-corrected chi connectivity index (χ1v) is 17.5. The maximum atomic E-state index is 13.6. The van der Waals surface area contributed by atoms with E-state index in [1.165, 1.54) is 0 Å². The second-order valence-electron chi connectivity index (χ2n) is 12.0. The van der Waals surface area contributed by atoms with Crippen molar-refractivity contribution >= 4 is 58.8 Å². The van der Waals surface area contributed by atoms with Crippen LogP contribution in [0.25, 0.3) is 0 Å². The van der Waals surface area contributed by atoms with Gasteiger partial charge >= 0.3 is 5.97 Å². The summed E-state index contributed by atoms with van der Waals surface area (Å²) in [6.45, 7) is 1.39. The van der Waals surface area contributed by atoms with E-state index in [9.17, 15) is 28.8 Å². The number of rotatable bonds is 14. The highest BCUT2D eigenvalue weighted by atomic mass is 32.1. The average Bonchev–Trinajstić information content (AvgIpc) is 3.03. The van der Waals surface area contributed by atoms with Crippen molar-refractivity contribution in [1.82, 2.24) is 31.9 Å². The second-order valence-corrected chi connectivity index (χ2v) is 12.4. The molecule has 0 aromatic carbocycles. The molecule has 1 heterocycles. The molecule has 13 N–H and O–H groups in total. The molecule has 0 unspecified atom stereocenters. The van der Waals surface area contributed by atoms with Gasteiger partial charge in [0, 0.05) is 39.0 Å². The van der Waals surface area contributed by atoms with Gasteiger partial charge in [-0.05, 0) is 82.8 Å². The summed E-state index contributed by atoms with van der Waals surface area (Å²) in [4.78, 5) is 79.0. The van der Waals surface area contributed by atoms with Crippen LogP contribution in [-0.2, 0) is 28.8 Å². The van der Waals surface area contributed by atoms with E-state index in [4.69, 9.17) is 34.5 Å². The molecule has 49 heavy (non-hydrogen) atoms. The molecule has 1 aliphatic heterocycles. The van der Waals surface area contributed by atoms with Crippen molar-refractivity contribution in [1.29, 1.82) is 0 Å². The number of carbonyl (C=O) groups is 6. The molecule has 0 radical (unpaired) electrons. The first-order valence-electron chi connectivity index (χ1n) is 17.1. The number of unbranched alkanes of at least 4 members (excludes halogenated alkanes) is 2. The van der Waals surface area contributed by atoms with Crippen molar-refractivity contribution in [3.05, 3.63) is 0 Å². The van der Waals surface area contributed by atoms with Crippen LogP contribution in [0.15, 0.2) is 4.99 Å². The Hall–Kier alpha value is -4.22. The Bertz CT molecular complexity index is 1120. The minimum absolute atomic E-state index is 0.0422. The Kier molecular flexibility index (Phi) is 22.5. The van der Waals surface area contributed by atoms with Crippen molar-refractivity contribution < 1.29 is 33.9 Å². The fourth-order valence-electron chi connectivity index (χ4n) is 5.04. The Balaban J connectivity index is 3.05. The molecule has 1 saturated heterocycles. The minimum Gasteiger partial charge on any atom is -0.481 e. The number of aliphatic carboxylic acids is 1. The number of primary amides is 1. The molecule has 0 saturated carbocycles. The van der Waals surface area contributed by atoms with Gasteiger partial charge in [0.2, 0.25) is 29.5 Å². The predicted octanol–water partition coefficient (Wildman–Crippen LogP) is -0.880. The van der Waals surface area contributed by atoms with E-state index in [-0.39, 0.29) is 56.4 Å². The summed E-state index contributed by atoms with van der Waals surface area (Å²) in [6, 6.07) is -2.95. The summed E-state index contributed by atoms with van der Waals surface area (Å²) in [6.07, 6.45) is 7.28. The Labute approximate surface area is 293 Å². The fourth-order valence-corrected chi connectivity index (χ4v) is 5.24. The van der Waals surface area contributed by atoms with Crippen LogP contribution >= 0.6 is 12.2 Å². The van der Waals surface area contributed by atoms with Gasteiger partial charge in [-0.15, -0.1) is 0 Å². The Morgan fingerprint density at radius 2 is 1.39 bits per heavy atom. The van der Waals surface area contributed by atoms with Crippen LogP contribution in [-0.4, -0.2) is 96.0 Å². The summed E-state index contributed by atoms with van der Waals surface area (Å²) in [5.74, 6) is -3.21. The predicted molar refractivity (Wildman–Crippen MR) is 189 cm³/mol. The molecule has 3 atom stereocenters. The Morgan fingerprint density at radius 1 is 0.776 bits per heavy atom. The van der Waals surface area contributed by atoms with E-state index in [0.29, 0.717) is 82.5 Å². The quantitative estimate of drug-likeness (QED) is 0.0455. The molecule has 0 spiro atoms. The highest BCUT2D eigenvalue weighted by Gasteiger charge is 2.29. The van der Waals surface area contributed by atoms with Crippen molar-refractivity contribution in [2.75, 3.05) is 26.2 Å². The molecule has 278 valence electrons. The van der Waals surface area contributed by atoms with Gasteiger partial charge in [0.25, 0.3) is 0 Å².